The zero-order valence-electron chi connectivity index (χ0n) is 9.33. The SMILES string of the molecule is Cc1cc(OC(=O)C(C)(I)C2N[I-]2)ccc1O. The number of aryl methyl sites for hydroxylation is 1. The zero-order chi connectivity index (χ0) is 12.6. The molecule has 2 unspecified atom stereocenters. The molecule has 0 spiro atoms. The van der Waals surface area contributed by atoms with Gasteiger partial charge in [0, 0.05) is 0 Å². The molecule has 2 rings (SSSR count). The van der Waals surface area contributed by atoms with Crippen molar-refractivity contribution in [3.8, 4) is 11.5 Å². The standard InChI is InChI=1S/C11H12I2NO3/c1-6-5-7(3-4-8(6)15)17-10(16)11(2,12)9-13-14-9/h3-5,9,14-15H,1-2H3/q-1. The van der Waals surface area contributed by atoms with Crippen LogP contribution in [-0.2, 0) is 4.79 Å². The molecular formula is C11H12I2NO3-. The zero-order valence-corrected chi connectivity index (χ0v) is 13.6. The van der Waals surface area contributed by atoms with Gasteiger partial charge in [0.25, 0.3) is 0 Å². The molecule has 1 aliphatic heterocycles. The van der Waals surface area contributed by atoms with Crippen LogP contribution in [0.1, 0.15) is 12.5 Å². The second kappa shape index (κ2) is 4.88. The van der Waals surface area contributed by atoms with Gasteiger partial charge in [0.1, 0.15) is 0 Å². The van der Waals surface area contributed by atoms with Crippen molar-refractivity contribution < 1.29 is 36.1 Å². The molecule has 1 aromatic rings. The van der Waals surface area contributed by atoms with Crippen molar-refractivity contribution in [1.82, 2.24) is 3.53 Å². The van der Waals surface area contributed by atoms with Crippen molar-refractivity contribution in [1.29, 1.82) is 0 Å². The number of carbonyl (C=O) groups excluding carboxylic acids is 1. The summed E-state index contributed by atoms with van der Waals surface area (Å²) >= 11 is 2.10. The fourth-order valence-corrected chi connectivity index (χ4v) is 4.53. The number of hydrogen-bond donors (Lipinski definition) is 2. The molecule has 1 saturated heterocycles. The Morgan fingerprint density at radius 1 is 1.65 bits per heavy atom. The number of nitrogens with one attached hydrogen (secondary N) is 1. The van der Waals surface area contributed by atoms with E-state index in [-0.39, 0.29) is 33.2 Å². The number of rotatable bonds is 3. The molecule has 0 radical (unpaired) electrons. The number of phenols is 1. The third-order valence-corrected chi connectivity index (χ3v) is 7.22. The molecule has 0 bridgehead atoms. The number of esters is 1. The third-order valence-electron chi connectivity index (χ3n) is 2.47. The van der Waals surface area contributed by atoms with E-state index in [1.165, 1.54) is 6.07 Å². The van der Waals surface area contributed by atoms with E-state index in [1.807, 2.05) is 6.92 Å². The minimum atomic E-state index is -0.503. The second-order valence-corrected chi connectivity index (χ2v) is 8.73. The van der Waals surface area contributed by atoms with Crippen molar-refractivity contribution in [3.05, 3.63) is 23.8 Å². The quantitative estimate of drug-likeness (QED) is 0.112. The van der Waals surface area contributed by atoms with E-state index in [2.05, 4.69) is 26.1 Å². The van der Waals surface area contributed by atoms with Crippen molar-refractivity contribution in [2.24, 2.45) is 0 Å². The fourth-order valence-electron chi connectivity index (χ4n) is 1.24. The van der Waals surface area contributed by atoms with Crippen LogP contribution in [0.25, 0.3) is 0 Å². The van der Waals surface area contributed by atoms with Gasteiger partial charge in [-0.25, -0.2) is 0 Å². The summed E-state index contributed by atoms with van der Waals surface area (Å²) in [6.07, 6.45) is 0. The first kappa shape index (κ1) is 13.3. The van der Waals surface area contributed by atoms with Gasteiger partial charge in [0.15, 0.2) is 0 Å². The molecule has 0 saturated carbocycles. The maximum absolute atomic E-state index is 12.0. The molecule has 0 aliphatic carbocycles. The van der Waals surface area contributed by atoms with Gasteiger partial charge in [0.05, 0.1) is 0 Å². The van der Waals surface area contributed by atoms with Gasteiger partial charge >= 0.3 is 125 Å². The van der Waals surface area contributed by atoms with Crippen LogP contribution in [0.2, 0.25) is 0 Å². The second-order valence-electron chi connectivity index (χ2n) is 3.99. The molecule has 1 heterocycles. The van der Waals surface area contributed by atoms with Crippen molar-refractivity contribution in [3.63, 3.8) is 0 Å². The van der Waals surface area contributed by atoms with E-state index in [9.17, 15) is 9.90 Å². The Balaban J connectivity index is 2.10. The Kier molecular flexibility index (Phi) is 3.83. The summed E-state index contributed by atoms with van der Waals surface area (Å²) in [7, 11) is 0. The van der Waals surface area contributed by atoms with E-state index >= 15 is 0 Å². The molecule has 0 amide bonds. The summed E-state index contributed by atoms with van der Waals surface area (Å²) in [6.45, 7) is 3.65. The molecule has 6 heteroatoms. The van der Waals surface area contributed by atoms with Gasteiger partial charge in [-0.1, -0.05) is 0 Å². The van der Waals surface area contributed by atoms with Gasteiger partial charge in [-0.2, -0.15) is 0 Å². The number of phenolic OH excluding ortho intramolecular Hbond substituents is 1. The molecule has 4 nitrogen and oxygen atoms in total. The average molecular weight is 460 g/mol. The Labute approximate surface area is 124 Å². The molecule has 0 aromatic heterocycles. The summed E-state index contributed by atoms with van der Waals surface area (Å²) < 4.78 is 8.36. The summed E-state index contributed by atoms with van der Waals surface area (Å²) in [5, 5.41) is 9.39. The first-order valence-corrected chi connectivity index (χ1v) is 8.40. The molecule has 1 aliphatic rings. The fraction of sp³-hybridized carbons (Fsp3) is 0.364. The number of hydrogen-bond acceptors (Lipinski definition) is 4. The van der Waals surface area contributed by atoms with Crippen LogP contribution in [0, 0.1) is 6.92 Å². The number of ether oxygens (including phenoxy) is 1. The number of benzene rings is 1. The van der Waals surface area contributed by atoms with Crippen LogP contribution >= 0.6 is 22.6 Å². The number of alkyl halides is 2. The first-order chi connectivity index (χ1) is 7.91. The van der Waals surface area contributed by atoms with Gasteiger partial charge in [-0.05, 0) is 0 Å². The first-order valence-electron chi connectivity index (χ1n) is 5.00. The van der Waals surface area contributed by atoms with E-state index in [1.54, 1.807) is 19.1 Å². The van der Waals surface area contributed by atoms with E-state index in [0.29, 0.717) is 15.4 Å². The maximum atomic E-state index is 12.0. The monoisotopic (exact) mass is 460 g/mol. The Bertz CT molecular complexity index is 458. The Hall–Kier alpha value is -0.0900. The summed E-state index contributed by atoms with van der Waals surface area (Å²) in [5.41, 5.74) is 0.697. The Morgan fingerprint density at radius 2 is 2.29 bits per heavy atom. The van der Waals surface area contributed by atoms with Gasteiger partial charge in [-0.3, -0.25) is 0 Å². The molecule has 1 aromatic carbocycles. The van der Waals surface area contributed by atoms with Crippen LogP contribution in [0.15, 0.2) is 18.2 Å². The minimum absolute atomic E-state index is 0.0354. The molecule has 2 N–H and O–H groups in total. The summed E-state index contributed by atoms with van der Waals surface area (Å²) in [6, 6.07) is 4.79. The normalized spacial score (nSPS) is 22.2. The summed E-state index contributed by atoms with van der Waals surface area (Å²) in [5.74, 6) is 0.446. The molecule has 94 valence electrons. The topological polar surface area (TPSA) is 68.5 Å². The molecule has 1 fully saturated rings. The van der Waals surface area contributed by atoms with Crippen LogP contribution in [0.3, 0.4) is 0 Å². The van der Waals surface area contributed by atoms with Gasteiger partial charge in [-0.15, -0.1) is 0 Å². The van der Waals surface area contributed by atoms with E-state index in [4.69, 9.17) is 4.74 Å². The van der Waals surface area contributed by atoms with Crippen molar-refractivity contribution in [2.45, 2.75) is 21.3 Å². The Morgan fingerprint density at radius 3 is 2.82 bits per heavy atom. The number of carbonyl (C=O) groups is 1. The van der Waals surface area contributed by atoms with Crippen LogP contribution in [0.5, 0.6) is 11.5 Å². The van der Waals surface area contributed by atoms with Crippen molar-refractivity contribution in [2.75, 3.05) is 0 Å². The predicted octanol–water partition coefficient (Wildman–Crippen LogP) is -1.27. The summed E-state index contributed by atoms with van der Waals surface area (Å²) in [4.78, 5) is 12.0. The number of aromatic hydroxyl groups is 1. The van der Waals surface area contributed by atoms with Gasteiger partial charge in [0.2, 0.25) is 0 Å². The molecular weight excluding hydrogens is 448 g/mol. The van der Waals surface area contributed by atoms with Crippen LogP contribution in [0.4, 0.5) is 0 Å². The number of halogens is 2. The van der Waals surface area contributed by atoms with Crippen LogP contribution < -0.4 is 29.7 Å². The molecule has 17 heavy (non-hydrogen) atoms. The van der Waals surface area contributed by atoms with E-state index in [0.717, 1.165) is 0 Å². The average Bonchev–Trinajstić information content (AvgIpc) is 3.07. The van der Waals surface area contributed by atoms with E-state index < -0.39 is 3.42 Å². The van der Waals surface area contributed by atoms with Gasteiger partial charge < -0.3 is 0 Å². The predicted molar refractivity (Wildman–Crippen MR) is 67.8 cm³/mol. The third kappa shape index (κ3) is 3.02. The van der Waals surface area contributed by atoms with Crippen LogP contribution in [-0.4, -0.2) is 18.5 Å². The molecule has 2 atom stereocenters. The van der Waals surface area contributed by atoms with Crippen molar-refractivity contribution >= 4 is 28.6 Å².